The maximum Gasteiger partial charge on any atom is 0.253 e. The first kappa shape index (κ1) is 114. The van der Waals surface area contributed by atoms with Crippen molar-refractivity contribution in [1.82, 2.24) is 26.2 Å². The summed E-state index contributed by atoms with van der Waals surface area (Å²) in [6, 6.07) is 45.9. The number of nitrogens with zero attached hydrogens (tertiary/aromatic N) is 1. The Balaban J connectivity index is 0.000000230. The van der Waals surface area contributed by atoms with Gasteiger partial charge < -0.3 is 88.0 Å². The van der Waals surface area contributed by atoms with E-state index in [2.05, 4.69) is 108 Å². The number of amides is 5. The van der Waals surface area contributed by atoms with E-state index in [4.69, 9.17) is 61.8 Å². The standard InChI is InChI=1S/C25H36N2O2.2C22H36N2O3.2C22H36N2O2/c1-18(2)29-24(23(26)16-19-10-5-4-6-11-19)25(28)27(3)17-21-14-9-13-20-12-7-8-15-22(20)21;1-16(2)27-21(19(23)15-17-9-5-4-6-10-17)22(25)24-14-13-18-11-7-8-12-20(18)26-3;1-16(2)27-21(20(23)15-17-8-5-4-6-9-17)22(25)24-13-12-18-10-7-11-19(14-18)26-3;2*1-16(2)26-21(20(23)15-19-7-5-4-6-8-19)22(25)24-14-13-18-11-9-17(3)10-12-18/h7-9,12-15,18-19,23-24H,4-6,10-11,16-17,26H2,1-3H3;7-8,11-12,16-17,19,21H,4-6,9-10,13-15,23H2,1-3H3,(H,24,25);7,10-11,14,16-17,20-21H,4-6,8-9,12-13,15,23H2,1-3H3,(H,24,25);2*9-12,16,19-21H,4-8,13-15,23H2,1-3H3,(H,24,25)/t23-,24?;19-,21?;3*20-,21?/m11111/s1. The smallest absolute Gasteiger partial charge is 0.253 e. The molecule has 11 rings (SSSR count). The Hall–Kier alpha value is -7.87. The fourth-order valence-electron chi connectivity index (χ4n) is 19.8. The van der Waals surface area contributed by atoms with Gasteiger partial charge >= 0.3 is 0 Å². The van der Waals surface area contributed by atoms with Gasteiger partial charge in [0.25, 0.3) is 29.5 Å². The number of fused-ring (bicyclic) bond motifs is 1. The molecule has 6 aromatic rings. The average molecular weight is 1870 g/mol. The molecule has 135 heavy (non-hydrogen) atoms. The number of nitrogens with two attached hydrogens (primary N) is 5. The van der Waals surface area contributed by atoms with Gasteiger partial charge in [-0.25, -0.2) is 0 Å². The van der Waals surface area contributed by atoms with Crippen LogP contribution < -0.4 is 59.4 Å². The van der Waals surface area contributed by atoms with Gasteiger partial charge in [0.2, 0.25) is 0 Å². The number of ether oxygens (including phenoxy) is 7. The third kappa shape index (κ3) is 44.0. The molecule has 0 aliphatic heterocycles. The van der Waals surface area contributed by atoms with Crippen molar-refractivity contribution in [3.05, 3.63) is 178 Å². The molecule has 0 aromatic heterocycles. The van der Waals surface area contributed by atoms with Gasteiger partial charge in [0.15, 0.2) is 30.5 Å². The molecule has 0 heterocycles. The van der Waals surface area contributed by atoms with Crippen molar-refractivity contribution in [2.24, 2.45) is 58.3 Å². The van der Waals surface area contributed by atoms with Crippen LogP contribution in [0.2, 0.25) is 0 Å². The highest BCUT2D eigenvalue weighted by Crippen LogP contribution is 2.34. The number of hydrogen-bond donors (Lipinski definition) is 9. The van der Waals surface area contributed by atoms with Crippen molar-refractivity contribution in [3.8, 4) is 11.5 Å². The molecule has 5 aliphatic carbocycles. The summed E-state index contributed by atoms with van der Waals surface area (Å²) in [5.74, 6) is 4.42. The zero-order valence-electron chi connectivity index (χ0n) is 85.6. The highest BCUT2D eigenvalue weighted by Gasteiger charge is 2.37. The van der Waals surface area contributed by atoms with E-state index < -0.39 is 30.5 Å². The Morgan fingerprint density at radius 2 is 0.630 bits per heavy atom. The third-order valence-electron chi connectivity index (χ3n) is 27.0. The summed E-state index contributed by atoms with van der Waals surface area (Å²) in [4.78, 5) is 66.0. The summed E-state index contributed by atoms with van der Waals surface area (Å²) >= 11 is 0. The second-order valence-corrected chi connectivity index (χ2v) is 40.7. The SMILES string of the molecule is CC(C)OC(C(=O)N(C)Cc1cccc2ccccc12)[C@H](N)CC1CCCCC1.COc1cccc(CCNC(=O)C(OC(C)C)[C@H](N)CC2CCCCC2)c1.COc1ccccc1CCNC(=O)C(OC(C)C)[C@H](N)CC1CCCCC1.Cc1ccc(CCNC(=O)C(OC(C)C)[C@H](N)CC2CCCCC2)cc1.Cc1ccc(CCNC(=O)C(OC(C)C)[C@H](N)CC2CCCCC2)cc1. The summed E-state index contributed by atoms with van der Waals surface area (Å²) < 4.78 is 40.3. The van der Waals surface area contributed by atoms with E-state index in [0.29, 0.717) is 68.7 Å². The van der Waals surface area contributed by atoms with E-state index >= 15 is 0 Å². The minimum atomic E-state index is -0.593. The molecule has 5 fully saturated rings. The van der Waals surface area contributed by atoms with Crippen molar-refractivity contribution >= 4 is 40.3 Å². The van der Waals surface area contributed by atoms with Crippen molar-refractivity contribution in [3.63, 3.8) is 0 Å². The lowest BCUT2D eigenvalue weighted by molar-refractivity contribution is -0.148. The van der Waals surface area contributed by atoms with Crippen LogP contribution in [0.4, 0.5) is 0 Å². The van der Waals surface area contributed by atoms with Crippen LogP contribution >= 0.6 is 0 Å². The number of carbonyl (C=O) groups excluding carboxylic acids is 5. The van der Waals surface area contributed by atoms with Crippen LogP contribution in [0, 0.1) is 43.4 Å². The monoisotopic (exact) mass is 1870 g/mol. The zero-order valence-corrected chi connectivity index (χ0v) is 85.6. The fraction of sp³-hybridized carbons (Fsp3) is 0.655. The zero-order chi connectivity index (χ0) is 98.0. The van der Waals surface area contributed by atoms with E-state index in [1.54, 1.807) is 19.1 Å². The van der Waals surface area contributed by atoms with Gasteiger partial charge in [-0.15, -0.1) is 0 Å². The maximum atomic E-state index is 13.3. The molecule has 0 radical (unpaired) electrons. The van der Waals surface area contributed by atoms with E-state index in [9.17, 15) is 24.0 Å². The number of para-hydroxylation sites is 1. The lowest BCUT2D eigenvalue weighted by atomic mass is 9.83. The van der Waals surface area contributed by atoms with Crippen LogP contribution in [0.5, 0.6) is 11.5 Å². The fourth-order valence-corrected chi connectivity index (χ4v) is 19.8. The Morgan fingerprint density at radius 3 is 0.978 bits per heavy atom. The van der Waals surface area contributed by atoms with Crippen LogP contribution in [-0.2, 0) is 79.9 Å². The Labute approximate surface area is 813 Å². The Bertz CT molecular complexity index is 4150. The first-order valence-corrected chi connectivity index (χ1v) is 52.1. The third-order valence-corrected chi connectivity index (χ3v) is 27.0. The van der Waals surface area contributed by atoms with Gasteiger partial charge in [-0.1, -0.05) is 293 Å². The Morgan fingerprint density at radius 1 is 0.333 bits per heavy atom. The van der Waals surface area contributed by atoms with Crippen LogP contribution in [0.25, 0.3) is 10.8 Å². The molecule has 5 saturated carbocycles. The van der Waals surface area contributed by atoms with Crippen molar-refractivity contribution < 1.29 is 57.1 Å². The second-order valence-electron chi connectivity index (χ2n) is 40.7. The average Bonchev–Trinajstić information content (AvgIpc) is 0.814. The minimum Gasteiger partial charge on any atom is -0.497 e. The molecule has 22 nitrogen and oxygen atoms in total. The minimum absolute atomic E-state index is 0.0137. The number of hydrogen-bond acceptors (Lipinski definition) is 17. The Kier molecular flexibility index (Phi) is 53.8. The first-order chi connectivity index (χ1) is 64.9. The van der Waals surface area contributed by atoms with Crippen molar-refractivity contribution in [2.45, 2.75) is 399 Å². The molecule has 6 aromatic carbocycles. The predicted molar refractivity (Wildman–Crippen MR) is 552 cm³/mol. The van der Waals surface area contributed by atoms with Crippen LogP contribution in [0.1, 0.15) is 301 Å². The summed E-state index contributed by atoms with van der Waals surface area (Å²) in [5, 5.41) is 14.4. The van der Waals surface area contributed by atoms with Gasteiger partial charge in [0.05, 0.1) is 44.7 Å². The molecule has 5 unspecified atom stereocenters. The van der Waals surface area contributed by atoms with E-state index in [1.165, 1.54) is 194 Å². The molecule has 10 atom stereocenters. The topological polar surface area (TPSA) is 331 Å². The lowest BCUT2D eigenvalue weighted by Gasteiger charge is -2.32. The second kappa shape index (κ2) is 63.7. The summed E-state index contributed by atoms with van der Waals surface area (Å²) in [5.41, 5.74) is 40.5. The van der Waals surface area contributed by atoms with Crippen LogP contribution in [0.15, 0.2) is 140 Å². The molecular weight excluding hydrogens is 1690 g/mol. The maximum absolute atomic E-state index is 13.3. The summed E-state index contributed by atoms with van der Waals surface area (Å²) in [6.07, 6.45) is 36.1. The van der Waals surface area contributed by atoms with Gasteiger partial charge in [-0.3, -0.25) is 24.0 Å². The predicted octanol–water partition coefficient (Wildman–Crippen LogP) is 19.3. The van der Waals surface area contributed by atoms with Crippen molar-refractivity contribution in [2.75, 3.05) is 47.4 Å². The number of benzene rings is 6. The van der Waals surface area contributed by atoms with E-state index in [0.717, 1.165) is 79.6 Å². The number of rotatable bonds is 46. The molecular formula is C113H180N10O12. The normalized spacial score (nSPS) is 17.6. The lowest BCUT2D eigenvalue weighted by Crippen LogP contribution is -2.50. The highest BCUT2D eigenvalue weighted by molar-refractivity contribution is 5.87. The number of methoxy groups -OCH3 is 2. The van der Waals surface area contributed by atoms with E-state index in [-0.39, 0.29) is 90.3 Å². The molecule has 0 spiro atoms. The quantitative estimate of drug-likeness (QED) is 0.0171. The number of aryl methyl sites for hydroxylation is 2. The molecule has 0 saturated heterocycles. The molecule has 754 valence electrons. The van der Waals surface area contributed by atoms with E-state index in [1.807, 2.05) is 143 Å². The van der Waals surface area contributed by atoms with Crippen LogP contribution in [-0.4, -0.2) is 173 Å². The van der Waals surface area contributed by atoms with Gasteiger partial charge in [0.1, 0.15) is 11.5 Å². The summed E-state index contributed by atoms with van der Waals surface area (Å²) in [6.45, 7) is 26.6. The largest absolute Gasteiger partial charge is 0.497 e. The highest BCUT2D eigenvalue weighted by atomic mass is 16.5. The molecule has 5 amide bonds. The van der Waals surface area contributed by atoms with Crippen LogP contribution in [0.3, 0.4) is 0 Å². The van der Waals surface area contributed by atoms with Gasteiger partial charge in [-0.05, 0) is 227 Å². The molecule has 14 N–H and O–H groups in total. The molecule has 0 bridgehead atoms. The van der Waals surface area contributed by atoms with Gasteiger partial charge in [0, 0.05) is 70.0 Å². The molecule has 22 heteroatoms. The number of nitrogens with one attached hydrogen (secondary N) is 4. The number of likely N-dealkylation sites (N-methyl/N-ethyl adjacent to an activating group) is 1. The van der Waals surface area contributed by atoms with Crippen molar-refractivity contribution in [1.29, 1.82) is 0 Å². The summed E-state index contributed by atoms with van der Waals surface area (Å²) in [7, 11) is 5.17. The first-order valence-electron chi connectivity index (χ1n) is 52.1. The van der Waals surface area contributed by atoms with Gasteiger partial charge in [-0.2, -0.15) is 0 Å². The molecule has 5 aliphatic rings. The number of carbonyl (C=O) groups is 5.